The number of carbonyl (C=O) groups excluding carboxylic acids is 1. The number of benzene rings is 1. The molecular formula is C17H20O4. The van der Waals surface area contributed by atoms with Crippen molar-refractivity contribution in [2.24, 2.45) is 0 Å². The molecule has 0 aliphatic heterocycles. The van der Waals surface area contributed by atoms with E-state index in [0.29, 0.717) is 17.8 Å². The average molecular weight is 288 g/mol. The molecule has 4 nitrogen and oxygen atoms in total. The quantitative estimate of drug-likeness (QED) is 0.791. The van der Waals surface area contributed by atoms with Gasteiger partial charge in [-0.25, -0.2) is 4.79 Å². The Hall–Kier alpha value is -2.10. The van der Waals surface area contributed by atoms with E-state index in [1.165, 1.54) is 6.92 Å². The molecule has 0 spiro atoms. The van der Waals surface area contributed by atoms with E-state index in [1.54, 1.807) is 19.1 Å². The van der Waals surface area contributed by atoms with Gasteiger partial charge in [0, 0.05) is 17.0 Å². The van der Waals surface area contributed by atoms with Gasteiger partial charge in [0.15, 0.2) is 11.9 Å². The van der Waals surface area contributed by atoms with Crippen molar-refractivity contribution >= 4 is 16.8 Å². The molecule has 0 aliphatic carbocycles. The van der Waals surface area contributed by atoms with Crippen LogP contribution < -0.4 is 10.4 Å². The normalized spacial score (nSPS) is 12.4. The predicted octanol–water partition coefficient (Wildman–Crippen LogP) is 3.41. The van der Waals surface area contributed by atoms with Gasteiger partial charge in [0.05, 0.1) is 0 Å². The van der Waals surface area contributed by atoms with Gasteiger partial charge < -0.3 is 9.15 Å². The predicted molar refractivity (Wildman–Crippen MR) is 82.0 cm³/mol. The number of hydrogen-bond donors (Lipinski definition) is 0. The Morgan fingerprint density at radius 3 is 2.71 bits per heavy atom. The lowest BCUT2D eigenvalue weighted by atomic mass is 10.0. The maximum Gasteiger partial charge on any atom is 0.339 e. The SMILES string of the molecule is CCCc1c(C)c2ccc(OC(C)C(C)=O)cc2oc1=O. The molecule has 1 heterocycles. The fourth-order valence-corrected chi connectivity index (χ4v) is 2.27. The minimum absolute atomic E-state index is 0.0500. The first kappa shape index (κ1) is 15.3. The molecule has 1 unspecified atom stereocenters. The van der Waals surface area contributed by atoms with Gasteiger partial charge in [-0.2, -0.15) is 0 Å². The summed E-state index contributed by atoms with van der Waals surface area (Å²) in [6.07, 6.45) is 1.09. The van der Waals surface area contributed by atoms with E-state index in [1.807, 2.05) is 19.9 Å². The average Bonchev–Trinajstić information content (AvgIpc) is 2.43. The van der Waals surface area contributed by atoms with Gasteiger partial charge in [-0.05, 0) is 44.9 Å². The molecule has 0 fully saturated rings. The summed E-state index contributed by atoms with van der Waals surface area (Å²) in [5.41, 5.74) is 1.88. The zero-order chi connectivity index (χ0) is 15.6. The van der Waals surface area contributed by atoms with Gasteiger partial charge in [-0.15, -0.1) is 0 Å². The summed E-state index contributed by atoms with van der Waals surface area (Å²) in [6.45, 7) is 7.14. The molecule has 4 heteroatoms. The van der Waals surface area contributed by atoms with Gasteiger partial charge in [0.1, 0.15) is 11.3 Å². The Morgan fingerprint density at radius 1 is 1.38 bits per heavy atom. The van der Waals surface area contributed by atoms with Gasteiger partial charge in [-0.3, -0.25) is 4.79 Å². The molecule has 0 amide bonds. The Morgan fingerprint density at radius 2 is 2.10 bits per heavy atom. The number of ether oxygens (including phenoxy) is 1. The summed E-state index contributed by atoms with van der Waals surface area (Å²) in [4.78, 5) is 23.3. The van der Waals surface area contributed by atoms with Crippen molar-refractivity contribution in [2.45, 2.75) is 46.6 Å². The zero-order valence-corrected chi connectivity index (χ0v) is 12.9. The van der Waals surface area contributed by atoms with Crippen LogP contribution in [0.4, 0.5) is 0 Å². The third kappa shape index (κ3) is 3.15. The molecule has 112 valence electrons. The van der Waals surface area contributed by atoms with Crippen LogP contribution in [0.3, 0.4) is 0 Å². The standard InChI is InChI=1S/C17H20O4/c1-5-6-15-10(2)14-8-7-13(20-12(4)11(3)18)9-16(14)21-17(15)19/h7-9,12H,5-6H2,1-4H3. The minimum atomic E-state index is -0.519. The lowest BCUT2D eigenvalue weighted by Gasteiger charge is -2.13. The van der Waals surface area contributed by atoms with Crippen molar-refractivity contribution in [3.05, 3.63) is 39.7 Å². The van der Waals surface area contributed by atoms with Gasteiger partial charge >= 0.3 is 5.63 Å². The smallest absolute Gasteiger partial charge is 0.339 e. The monoisotopic (exact) mass is 288 g/mol. The van der Waals surface area contributed by atoms with Crippen LogP contribution in [0.1, 0.15) is 38.3 Å². The van der Waals surface area contributed by atoms with Crippen molar-refractivity contribution in [3.8, 4) is 5.75 Å². The topological polar surface area (TPSA) is 56.5 Å². The summed E-state index contributed by atoms with van der Waals surface area (Å²) in [5, 5.41) is 0.904. The number of hydrogen-bond acceptors (Lipinski definition) is 4. The molecule has 1 atom stereocenters. The van der Waals surface area contributed by atoms with Crippen LogP contribution in [-0.4, -0.2) is 11.9 Å². The molecular weight excluding hydrogens is 268 g/mol. The van der Waals surface area contributed by atoms with Crippen LogP contribution in [-0.2, 0) is 11.2 Å². The Bertz CT molecular complexity index is 727. The van der Waals surface area contributed by atoms with Crippen LogP contribution in [0.5, 0.6) is 5.75 Å². The summed E-state index contributed by atoms with van der Waals surface area (Å²) in [7, 11) is 0. The number of Topliss-reactive ketones (excluding diaryl/α,β-unsaturated/α-hetero) is 1. The largest absolute Gasteiger partial charge is 0.483 e. The molecule has 2 rings (SSSR count). The molecule has 0 bridgehead atoms. The maximum absolute atomic E-state index is 12.0. The summed E-state index contributed by atoms with van der Waals surface area (Å²) >= 11 is 0. The number of ketones is 1. The van der Waals surface area contributed by atoms with E-state index in [-0.39, 0.29) is 11.4 Å². The van der Waals surface area contributed by atoms with E-state index in [2.05, 4.69) is 0 Å². The van der Waals surface area contributed by atoms with Gasteiger partial charge in [0.25, 0.3) is 0 Å². The van der Waals surface area contributed by atoms with Crippen LogP contribution in [0, 0.1) is 6.92 Å². The molecule has 0 saturated carbocycles. The molecule has 21 heavy (non-hydrogen) atoms. The molecule has 2 aromatic rings. The van der Waals surface area contributed by atoms with E-state index in [0.717, 1.165) is 22.9 Å². The number of aryl methyl sites for hydroxylation is 1. The summed E-state index contributed by atoms with van der Waals surface area (Å²) in [6, 6.07) is 5.33. The van der Waals surface area contributed by atoms with Crippen LogP contribution in [0.25, 0.3) is 11.0 Å². The second-order valence-electron chi connectivity index (χ2n) is 5.27. The van der Waals surface area contributed by atoms with Gasteiger partial charge in [-0.1, -0.05) is 13.3 Å². The van der Waals surface area contributed by atoms with Crippen molar-refractivity contribution < 1.29 is 13.9 Å². The Kier molecular flexibility index (Phi) is 4.46. The van der Waals surface area contributed by atoms with E-state index >= 15 is 0 Å². The summed E-state index contributed by atoms with van der Waals surface area (Å²) < 4.78 is 10.9. The lowest BCUT2D eigenvalue weighted by Crippen LogP contribution is -2.20. The highest BCUT2D eigenvalue weighted by Crippen LogP contribution is 2.25. The maximum atomic E-state index is 12.0. The molecule has 0 aliphatic rings. The molecule has 0 N–H and O–H groups in total. The van der Waals surface area contributed by atoms with Crippen LogP contribution in [0.15, 0.2) is 27.4 Å². The van der Waals surface area contributed by atoms with E-state index in [4.69, 9.17) is 9.15 Å². The Labute approximate surface area is 123 Å². The molecule has 1 aromatic heterocycles. The molecule has 0 saturated heterocycles. The molecule has 0 radical (unpaired) electrons. The first-order valence-electron chi connectivity index (χ1n) is 7.17. The summed E-state index contributed by atoms with van der Waals surface area (Å²) in [5.74, 6) is 0.474. The van der Waals surface area contributed by atoms with Gasteiger partial charge in [0.2, 0.25) is 0 Å². The second kappa shape index (κ2) is 6.12. The van der Waals surface area contributed by atoms with Crippen LogP contribution >= 0.6 is 0 Å². The number of carbonyl (C=O) groups is 1. The highest BCUT2D eigenvalue weighted by molar-refractivity contribution is 5.83. The van der Waals surface area contributed by atoms with Crippen molar-refractivity contribution in [3.63, 3.8) is 0 Å². The molecule has 1 aromatic carbocycles. The number of rotatable bonds is 5. The first-order chi connectivity index (χ1) is 9.93. The second-order valence-corrected chi connectivity index (χ2v) is 5.27. The van der Waals surface area contributed by atoms with Crippen molar-refractivity contribution in [1.82, 2.24) is 0 Å². The zero-order valence-electron chi connectivity index (χ0n) is 12.9. The third-order valence-electron chi connectivity index (χ3n) is 3.64. The van der Waals surface area contributed by atoms with E-state index < -0.39 is 6.10 Å². The fourth-order valence-electron chi connectivity index (χ4n) is 2.27. The van der Waals surface area contributed by atoms with Crippen molar-refractivity contribution in [1.29, 1.82) is 0 Å². The van der Waals surface area contributed by atoms with Crippen LogP contribution in [0.2, 0.25) is 0 Å². The fraction of sp³-hybridized carbons (Fsp3) is 0.412. The Balaban J connectivity index is 2.47. The lowest BCUT2D eigenvalue weighted by molar-refractivity contribution is -0.122. The highest BCUT2D eigenvalue weighted by atomic mass is 16.5. The van der Waals surface area contributed by atoms with Crippen molar-refractivity contribution in [2.75, 3.05) is 0 Å². The first-order valence-corrected chi connectivity index (χ1v) is 7.17. The third-order valence-corrected chi connectivity index (χ3v) is 3.64. The highest BCUT2D eigenvalue weighted by Gasteiger charge is 2.13. The van der Waals surface area contributed by atoms with E-state index in [9.17, 15) is 9.59 Å². The number of fused-ring (bicyclic) bond motifs is 1. The minimum Gasteiger partial charge on any atom is -0.483 e.